The van der Waals surface area contributed by atoms with Gasteiger partial charge < -0.3 is 4.74 Å². The summed E-state index contributed by atoms with van der Waals surface area (Å²) in [6.45, 7) is 4.69. The Morgan fingerprint density at radius 2 is 2.08 bits per heavy atom. The molecule has 3 fully saturated rings. The van der Waals surface area contributed by atoms with Crippen molar-refractivity contribution in [3.63, 3.8) is 0 Å². The summed E-state index contributed by atoms with van der Waals surface area (Å²) in [5, 5.41) is 1.54. The minimum Gasteiger partial charge on any atom is -0.380 e. The fourth-order valence-electron chi connectivity index (χ4n) is 4.30. The van der Waals surface area contributed by atoms with Crippen LogP contribution in [0.15, 0.2) is 24.3 Å². The van der Waals surface area contributed by atoms with Gasteiger partial charge in [0, 0.05) is 31.7 Å². The minimum atomic E-state index is -0.164. The van der Waals surface area contributed by atoms with Gasteiger partial charge in [0.2, 0.25) is 0 Å². The highest BCUT2D eigenvalue weighted by molar-refractivity contribution is 5.78. The van der Waals surface area contributed by atoms with Gasteiger partial charge in [-0.25, -0.2) is 9.45 Å². The number of rotatable bonds is 3. The number of likely N-dealkylation sites (tertiary alicyclic amines) is 1. The Kier molecular flexibility index (Phi) is 5.01. The summed E-state index contributed by atoms with van der Waals surface area (Å²) >= 11 is 0. The van der Waals surface area contributed by atoms with Crippen molar-refractivity contribution in [3.05, 3.63) is 35.6 Å². The molecule has 0 aliphatic carbocycles. The molecule has 1 aromatic carbocycles. The number of fused-ring (bicyclic) bond motifs is 1. The zero-order chi connectivity index (χ0) is 17.2. The van der Waals surface area contributed by atoms with Crippen molar-refractivity contribution < 1.29 is 18.8 Å². The lowest BCUT2D eigenvalue weighted by atomic mass is 9.82. The Morgan fingerprint density at radius 1 is 1.20 bits per heavy atom. The van der Waals surface area contributed by atoms with E-state index in [1.807, 2.05) is 12.1 Å². The monoisotopic (exact) mass is 348 g/mol. The summed E-state index contributed by atoms with van der Waals surface area (Å²) in [4.78, 5) is 20.7. The molecule has 136 valence electrons. The molecule has 3 atom stereocenters. The van der Waals surface area contributed by atoms with E-state index in [9.17, 15) is 9.18 Å². The Morgan fingerprint density at radius 3 is 2.88 bits per heavy atom. The molecule has 0 unspecified atom stereocenters. The Balaban J connectivity index is 1.43. The second-order valence-corrected chi connectivity index (χ2v) is 7.33. The normalized spacial score (nSPS) is 30.3. The lowest BCUT2D eigenvalue weighted by molar-refractivity contribution is -0.207. The maximum Gasteiger partial charge on any atom is 0.251 e. The maximum atomic E-state index is 13.9. The van der Waals surface area contributed by atoms with Crippen molar-refractivity contribution >= 4 is 5.91 Å². The second kappa shape index (κ2) is 7.40. The van der Waals surface area contributed by atoms with Gasteiger partial charge >= 0.3 is 0 Å². The van der Waals surface area contributed by atoms with E-state index in [1.165, 1.54) is 6.07 Å². The first kappa shape index (κ1) is 16.9. The molecule has 5 nitrogen and oxygen atoms in total. The number of hydrogen-bond donors (Lipinski definition) is 0. The SMILES string of the molecule is O=C([C@@H]1COC[C@@H]2CN(Cc3ccccc3F)C[C@@H]21)N1CCCCO1. The second-order valence-electron chi connectivity index (χ2n) is 7.33. The molecule has 1 amide bonds. The van der Waals surface area contributed by atoms with Crippen LogP contribution in [0.5, 0.6) is 0 Å². The molecule has 3 aliphatic rings. The van der Waals surface area contributed by atoms with E-state index < -0.39 is 0 Å². The fraction of sp³-hybridized carbons (Fsp3) is 0.632. The van der Waals surface area contributed by atoms with E-state index in [1.54, 1.807) is 11.1 Å². The highest BCUT2D eigenvalue weighted by atomic mass is 19.1. The van der Waals surface area contributed by atoms with Crippen molar-refractivity contribution in [2.45, 2.75) is 19.4 Å². The van der Waals surface area contributed by atoms with Crippen LogP contribution in [0.1, 0.15) is 18.4 Å². The molecule has 3 heterocycles. The predicted molar refractivity (Wildman–Crippen MR) is 89.9 cm³/mol. The zero-order valence-corrected chi connectivity index (χ0v) is 14.4. The molecule has 6 heteroatoms. The van der Waals surface area contributed by atoms with Gasteiger partial charge in [-0.15, -0.1) is 0 Å². The number of ether oxygens (including phenoxy) is 1. The molecule has 0 saturated carbocycles. The van der Waals surface area contributed by atoms with Crippen molar-refractivity contribution in [2.24, 2.45) is 17.8 Å². The third-order valence-corrected chi connectivity index (χ3v) is 5.63. The summed E-state index contributed by atoms with van der Waals surface area (Å²) in [7, 11) is 0. The molecule has 0 bridgehead atoms. The number of carbonyl (C=O) groups excluding carboxylic acids is 1. The van der Waals surface area contributed by atoms with Gasteiger partial charge in [0.15, 0.2) is 0 Å². The van der Waals surface area contributed by atoms with Crippen molar-refractivity contribution in [3.8, 4) is 0 Å². The summed E-state index contributed by atoms with van der Waals surface area (Å²) in [5.74, 6) is 0.338. The number of benzene rings is 1. The van der Waals surface area contributed by atoms with Gasteiger partial charge in [0.1, 0.15) is 5.82 Å². The van der Waals surface area contributed by atoms with Crippen LogP contribution < -0.4 is 0 Å². The molecule has 3 aliphatic heterocycles. The first-order valence-electron chi connectivity index (χ1n) is 9.20. The lowest BCUT2D eigenvalue weighted by Crippen LogP contribution is -2.47. The van der Waals surface area contributed by atoms with E-state index in [4.69, 9.17) is 9.57 Å². The molecule has 0 aromatic heterocycles. The van der Waals surface area contributed by atoms with E-state index in [0.29, 0.717) is 44.4 Å². The van der Waals surface area contributed by atoms with Crippen LogP contribution in [0.25, 0.3) is 0 Å². The van der Waals surface area contributed by atoms with Crippen LogP contribution in [-0.2, 0) is 20.9 Å². The first-order valence-corrected chi connectivity index (χ1v) is 9.20. The Bertz CT molecular complexity index is 620. The molecular weight excluding hydrogens is 323 g/mol. The van der Waals surface area contributed by atoms with E-state index in [2.05, 4.69) is 4.90 Å². The van der Waals surface area contributed by atoms with Crippen LogP contribution in [-0.4, -0.2) is 55.3 Å². The lowest BCUT2D eigenvalue weighted by Gasteiger charge is -2.36. The smallest absolute Gasteiger partial charge is 0.251 e. The third kappa shape index (κ3) is 3.57. The zero-order valence-electron chi connectivity index (χ0n) is 14.4. The van der Waals surface area contributed by atoms with E-state index in [0.717, 1.165) is 25.9 Å². The molecule has 0 radical (unpaired) electrons. The molecular formula is C19H25FN2O3. The number of halogens is 1. The number of carbonyl (C=O) groups is 1. The van der Waals surface area contributed by atoms with Gasteiger partial charge in [-0.1, -0.05) is 18.2 Å². The number of hydrogen-bond acceptors (Lipinski definition) is 4. The Hall–Kier alpha value is -1.50. The average molecular weight is 348 g/mol. The van der Waals surface area contributed by atoms with Crippen molar-refractivity contribution in [1.82, 2.24) is 9.96 Å². The molecule has 25 heavy (non-hydrogen) atoms. The molecule has 4 rings (SSSR count). The van der Waals surface area contributed by atoms with E-state index >= 15 is 0 Å². The summed E-state index contributed by atoms with van der Waals surface area (Å²) in [6.07, 6.45) is 2.00. The fourth-order valence-corrected chi connectivity index (χ4v) is 4.30. The van der Waals surface area contributed by atoms with Gasteiger partial charge in [-0.2, -0.15) is 0 Å². The number of nitrogens with zero attached hydrogens (tertiary/aromatic N) is 2. The van der Waals surface area contributed by atoms with Crippen LogP contribution in [0.2, 0.25) is 0 Å². The van der Waals surface area contributed by atoms with Gasteiger partial charge in [-0.05, 0) is 30.7 Å². The van der Waals surface area contributed by atoms with Crippen LogP contribution >= 0.6 is 0 Å². The largest absolute Gasteiger partial charge is 0.380 e. The van der Waals surface area contributed by atoms with Gasteiger partial charge in [0.25, 0.3) is 5.91 Å². The predicted octanol–water partition coefficient (Wildman–Crippen LogP) is 2.07. The topological polar surface area (TPSA) is 42.0 Å². The third-order valence-electron chi connectivity index (χ3n) is 5.63. The average Bonchev–Trinajstić information content (AvgIpc) is 3.06. The van der Waals surface area contributed by atoms with Gasteiger partial charge in [-0.3, -0.25) is 14.5 Å². The van der Waals surface area contributed by atoms with Gasteiger partial charge in [0.05, 0.1) is 25.7 Å². The highest BCUT2D eigenvalue weighted by Crippen LogP contribution is 2.36. The molecule has 0 N–H and O–H groups in total. The minimum absolute atomic E-state index is 0.0575. The quantitative estimate of drug-likeness (QED) is 0.839. The standard InChI is InChI=1S/C19H25FN2O3/c20-18-6-2-1-5-14(18)9-21-10-15-12-24-13-17(16(15)11-21)19(23)22-7-3-4-8-25-22/h1-2,5-6,15-17H,3-4,7-13H2/t15-,16-,17+/m0/s1. The Labute approximate surface area is 147 Å². The summed E-state index contributed by atoms with van der Waals surface area (Å²) in [6, 6.07) is 6.91. The first-order chi connectivity index (χ1) is 12.2. The highest BCUT2D eigenvalue weighted by Gasteiger charge is 2.45. The van der Waals surface area contributed by atoms with Crippen LogP contribution in [0.4, 0.5) is 4.39 Å². The van der Waals surface area contributed by atoms with Crippen LogP contribution in [0.3, 0.4) is 0 Å². The molecule has 0 spiro atoms. The summed E-state index contributed by atoms with van der Waals surface area (Å²) in [5.41, 5.74) is 0.712. The number of hydroxylamine groups is 2. The molecule has 3 saturated heterocycles. The molecule has 1 aromatic rings. The van der Waals surface area contributed by atoms with Crippen molar-refractivity contribution in [1.29, 1.82) is 0 Å². The summed E-state index contributed by atoms with van der Waals surface area (Å²) < 4.78 is 19.7. The van der Waals surface area contributed by atoms with E-state index in [-0.39, 0.29) is 23.6 Å². The van der Waals surface area contributed by atoms with Crippen LogP contribution in [0, 0.1) is 23.6 Å². The maximum absolute atomic E-state index is 13.9. The van der Waals surface area contributed by atoms with Crippen molar-refractivity contribution in [2.75, 3.05) is 39.5 Å². The number of amides is 1.